The lowest BCUT2D eigenvalue weighted by Gasteiger charge is -2.30. The monoisotopic (exact) mass is 384 g/mol. The molecule has 0 radical (unpaired) electrons. The fourth-order valence-corrected chi connectivity index (χ4v) is 2.91. The van der Waals surface area contributed by atoms with Crippen molar-refractivity contribution < 1.29 is 13.2 Å². The smallest absolute Gasteiger partial charge is 0.200 e. The van der Waals surface area contributed by atoms with Crippen molar-refractivity contribution in [2.75, 3.05) is 0 Å². The van der Waals surface area contributed by atoms with Gasteiger partial charge in [0.15, 0.2) is 23.1 Å². The molecule has 1 aromatic carbocycles. The van der Waals surface area contributed by atoms with Gasteiger partial charge in [-0.15, -0.1) is 0 Å². The average molecular weight is 384 g/mol. The number of imidazole rings is 1. The molecule has 28 heavy (non-hydrogen) atoms. The van der Waals surface area contributed by atoms with Gasteiger partial charge in [0.25, 0.3) is 0 Å². The molecule has 4 rings (SSSR count). The predicted octanol–water partition coefficient (Wildman–Crippen LogP) is 2.94. The number of rotatable bonds is 3. The van der Waals surface area contributed by atoms with Gasteiger partial charge >= 0.3 is 0 Å². The van der Waals surface area contributed by atoms with Crippen LogP contribution in [0.4, 0.5) is 13.2 Å². The van der Waals surface area contributed by atoms with E-state index in [1.807, 2.05) is 0 Å². The number of allylic oxidation sites excluding steroid dienone is 2. The summed E-state index contributed by atoms with van der Waals surface area (Å²) >= 11 is 0. The van der Waals surface area contributed by atoms with Gasteiger partial charge in [0, 0.05) is 29.6 Å². The van der Waals surface area contributed by atoms with Gasteiger partial charge in [-0.05, 0) is 36.4 Å². The Labute approximate surface area is 157 Å². The summed E-state index contributed by atoms with van der Waals surface area (Å²) in [6.07, 6.45) is 3.77. The zero-order chi connectivity index (χ0) is 19.9. The maximum Gasteiger partial charge on any atom is 0.200 e. The number of nitrogens with one attached hydrogen (secondary N) is 2. The third-order valence-corrected chi connectivity index (χ3v) is 4.38. The van der Waals surface area contributed by atoms with Crippen LogP contribution in [-0.2, 0) is 5.66 Å². The molecule has 0 fully saturated rings. The molecule has 2 aromatic heterocycles. The molecule has 1 unspecified atom stereocenters. The number of aromatic amines is 1. The van der Waals surface area contributed by atoms with Gasteiger partial charge in [0.2, 0.25) is 0 Å². The summed E-state index contributed by atoms with van der Waals surface area (Å²) in [4.78, 5) is 11.4. The summed E-state index contributed by atoms with van der Waals surface area (Å²) in [6.45, 7) is 0. The Morgan fingerprint density at radius 2 is 1.61 bits per heavy atom. The van der Waals surface area contributed by atoms with Crippen LogP contribution in [-0.4, -0.2) is 15.0 Å². The van der Waals surface area contributed by atoms with Crippen LogP contribution in [0.25, 0.3) is 22.5 Å². The lowest BCUT2D eigenvalue weighted by Crippen LogP contribution is -2.54. The standard InChI is InChI=1S/C19H15F3N6/c20-12-3-1-10(2-4-12)15-16(11-5-7-25-8-6-11)27-18(26-15)19(24)14(22)9-13(21)17(23)28-19/h1-9,28H,23-24H2,(H,26,27). The number of nitrogens with two attached hydrogens (primary N) is 2. The highest BCUT2D eigenvalue weighted by molar-refractivity contribution is 5.78. The van der Waals surface area contributed by atoms with Gasteiger partial charge in [-0.3, -0.25) is 10.7 Å². The fourth-order valence-electron chi connectivity index (χ4n) is 2.91. The van der Waals surface area contributed by atoms with E-state index in [2.05, 4.69) is 20.3 Å². The number of hydrogen-bond acceptors (Lipinski definition) is 5. The number of nitrogens with zero attached hydrogens (tertiary/aromatic N) is 2. The van der Waals surface area contributed by atoms with Crippen LogP contribution in [0, 0.1) is 5.82 Å². The first-order valence-electron chi connectivity index (χ1n) is 8.25. The molecular formula is C19H15F3N6. The van der Waals surface area contributed by atoms with Gasteiger partial charge in [0.1, 0.15) is 11.6 Å². The second-order valence-electron chi connectivity index (χ2n) is 6.24. The van der Waals surface area contributed by atoms with Crippen LogP contribution >= 0.6 is 0 Å². The van der Waals surface area contributed by atoms with Gasteiger partial charge in [-0.25, -0.2) is 18.2 Å². The molecular weight excluding hydrogens is 369 g/mol. The summed E-state index contributed by atoms with van der Waals surface area (Å²) < 4.78 is 41.5. The Morgan fingerprint density at radius 1 is 0.929 bits per heavy atom. The van der Waals surface area contributed by atoms with Crippen LogP contribution in [0.3, 0.4) is 0 Å². The van der Waals surface area contributed by atoms with E-state index in [0.29, 0.717) is 28.6 Å². The number of pyridine rings is 1. The van der Waals surface area contributed by atoms with E-state index < -0.39 is 29.0 Å². The molecule has 1 aliphatic heterocycles. The summed E-state index contributed by atoms with van der Waals surface area (Å²) in [5.41, 5.74) is 11.9. The second-order valence-corrected chi connectivity index (χ2v) is 6.24. The zero-order valence-corrected chi connectivity index (χ0v) is 14.4. The van der Waals surface area contributed by atoms with Crippen molar-refractivity contribution in [2.45, 2.75) is 5.66 Å². The normalized spacial score (nSPS) is 19.4. The Hall–Kier alpha value is -3.59. The van der Waals surface area contributed by atoms with Crippen molar-refractivity contribution in [1.82, 2.24) is 20.3 Å². The first-order chi connectivity index (χ1) is 13.4. The highest BCUT2D eigenvalue weighted by atomic mass is 19.1. The third kappa shape index (κ3) is 2.91. The number of H-pyrrole nitrogens is 1. The first kappa shape index (κ1) is 17.8. The lowest BCUT2D eigenvalue weighted by molar-refractivity contribution is 0.326. The topological polar surface area (TPSA) is 106 Å². The van der Waals surface area contributed by atoms with Crippen molar-refractivity contribution in [3.63, 3.8) is 0 Å². The summed E-state index contributed by atoms with van der Waals surface area (Å²) in [5, 5.41) is 2.41. The quantitative estimate of drug-likeness (QED) is 0.556. The third-order valence-electron chi connectivity index (χ3n) is 4.38. The molecule has 1 atom stereocenters. The molecule has 0 saturated heterocycles. The van der Waals surface area contributed by atoms with E-state index in [0.717, 1.165) is 0 Å². The van der Waals surface area contributed by atoms with E-state index in [1.54, 1.807) is 24.5 Å². The minimum Gasteiger partial charge on any atom is -0.383 e. The SMILES string of the molecule is NC1=C(F)C=C(F)C(N)(c2nc(-c3ccc(F)cc3)c(-c3ccncc3)[nH]2)N1. The minimum atomic E-state index is -1.99. The van der Waals surface area contributed by atoms with Crippen molar-refractivity contribution in [1.29, 1.82) is 0 Å². The van der Waals surface area contributed by atoms with Crippen molar-refractivity contribution in [2.24, 2.45) is 11.5 Å². The van der Waals surface area contributed by atoms with Crippen LogP contribution in [0.1, 0.15) is 5.82 Å². The molecule has 3 heterocycles. The number of halogens is 3. The van der Waals surface area contributed by atoms with Gasteiger partial charge in [-0.2, -0.15) is 0 Å². The molecule has 1 aliphatic rings. The maximum atomic E-state index is 14.6. The molecule has 9 heteroatoms. The Balaban J connectivity index is 1.89. The summed E-state index contributed by atoms with van der Waals surface area (Å²) in [5.74, 6) is -2.80. The predicted molar refractivity (Wildman–Crippen MR) is 97.7 cm³/mol. The van der Waals surface area contributed by atoms with E-state index >= 15 is 0 Å². The fraction of sp³-hybridized carbons (Fsp3) is 0.0526. The molecule has 3 aromatic rings. The lowest BCUT2D eigenvalue weighted by atomic mass is 10.1. The van der Waals surface area contributed by atoms with Gasteiger partial charge < -0.3 is 16.0 Å². The molecule has 0 bridgehead atoms. The van der Waals surface area contributed by atoms with Crippen LogP contribution in [0.15, 0.2) is 72.3 Å². The molecule has 0 spiro atoms. The molecule has 0 amide bonds. The number of aromatic nitrogens is 3. The minimum absolute atomic E-state index is 0.0252. The van der Waals surface area contributed by atoms with Crippen molar-refractivity contribution in [3.8, 4) is 22.5 Å². The highest BCUT2D eigenvalue weighted by Gasteiger charge is 2.40. The Kier molecular flexibility index (Phi) is 4.16. The molecule has 0 aliphatic carbocycles. The first-order valence-corrected chi connectivity index (χ1v) is 8.25. The summed E-state index contributed by atoms with van der Waals surface area (Å²) in [6, 6.07) is 9.10. The largest absolute Gasteiger partial charge is 0.383 e. The highest BCUT2D eigenvalue weighted by Crippen LogP contribution is 2.35. The van der Waals surface area contributed by atoms with Crippen LogP contribution < -0.4 is 16.8 Å². The summed E-state index contributed by atoms with van der Waals surface area (Å²) in [7, 11) is 0. The molecule has 0 saturated carbocycles. The molecule has 6 nitrogen and oxygen atoms in total. The van der Waals surface area contributed by atoms with E-state index in [-0.39, 0.29) is 5.82 Å². The second kappa shape index (κ2) is 6.54. The van der Waals surface area contributed by atoms with Crippen molar-refractivity contribution in [3.05, 3.63) is 84.0 Å². The number of benzene rings is 1. The van der Waals surface area contributed by atoms with Crippen LogP contribution in [0.5, 0.6) is 0 Å². The van der Waals surface area contributed by atoms with E-state index in [1.165, 1.54) is 24.3 Å². The maximum absolute atomic E-state index is 14.6. The molecule has 6 N–H and O–H groups in total. The van der Waals surface area contributed by atoms with Crippen molar-refractivity contribution >= 4 is 0 Å². The molecule has 142 valence electrons. The Bertz CT molecular complexity index is 1090. The van der Waals surface area contributed by atoms with Gasteiger partial charge in [0.05, 0.1) is 11.4 Å². The van der Waals surface area contributed by atoms with E-state index in [4.69, 9.17) is 11.5 Å². The van der Waals surface area contributed by atoms with Crippen LogP contribution in [0.2, 0.25) is 0 Å². The Morgan fingerprint density at radius 3 is 2.29 bits per heavy atom. The van der Waals surface area contributed by atoms with Gasteiger partial charge in [-0.1, -0.05) is 0 Å². The van der Waals surface area contributed by atoms with E-state index in [9.17, 15) is 13.2 Å². The average Bonchev–Trinajstić information content (AvgIpc) is 3.14. The zero-order valence-electron chi connectivity index (χ0n) is 14.4. The number of hydrogen-bond donors (Lipinski definition) is 4. The number of dihydropyridines is 1.